The minimum absolute atomic E-state index is 0.135. The molecule has 2 aromatic carbocycles. The molecule has 0 saturated carbocycles. The number of rotatable bonds is 3. The maximum atomic E-state index is 6.05. The second-order valence-corrected chi connectivity index (χ2v) is 5.19. The lowest BCUT2D eigenvalue weighted by Crippen LogP contribution is -2.13. The number of hydrogen-bond acceptors (Lipinski definition) is 3. The normalized spacial score (nSPS) is 14.5. The fourth-order valence-electron chi connectivity index (χ4n) is 2.95. The Hall–Kier alpha value is -2.46. The van der Waals surface area contributed by atoms with Crippen molar-refractivity contribution < 1.29 is 9.47 Å². The van der Waals surface area contributed by atoms with Crippen LogP contribution in [0.5, 0.6) is 11.5 Å². The highest BCUT2D eigenvalue weighted by molar-refractivity contribution is 5.84. The number of aromatic nitrogens is 1. The van der Waals surface area contributed by atoms with Crippen molar-refractivity contribution in [2.75, 3.05) is 13.3 Å². The lowest BCUT2D eigenvalue weighted by Gasteiger charge is -2.15. The minimum atomic E-state index is 0.135. The van der Waals surface area contributed by atoms with E-state index in [1.54, 1.807) is 0 Å². The maximum Gasteiger partial charge on any atom is 0.231 e. The Morgan fingerprint density at radius 3 is 2.86 bits per heavy atom. The van der Waals surface area contributed by atoms with Crippen LogP contribution in [-0.2, 0) is 0 Å². The molecule has 1 aromatic heterocycles. The third kappa shape index (κ3) is 1.96. The van der Waals surface area contributed by atoms with E-state index in [2.05, 4.69) is 23.2 Å². The molecule has 3 N–H and O–H groups in total. The summed E-state index contributed by atoms with van der Waals surface area (Å²) in [4.78, 5) is 3.31. The fourth-order valence-corrected chi connectivity index (χ4v) is 2.95. The van der Waals surface area contributed by atoms with Crippen LogP contribution in [0.4, 0.5) is 0 Å². The summed E-state index contributed by atoms with van der Waals surface area (Å²) < 4.78 is 10.8. The van der Waals surface area contributed by atoms with Crippen LogP contribution in [0, 0.1) is 0 Å². The summed E-state index contributed by atoms with van der Waals surface area (Å²) in [5.74, 6) is 1.73. The van der Waals surface area contributed by atoms with Gasteiger partial charge in [-0.3, -0.25) is 0 Å². The van der Waals surface area contributed by atoms with Gasteiger partial charge in [0.25, 0.3) is 0 Å². The van der Waals surface area contributed by atoms with Crippen LogP contribution in [0.2, 0.25) is 0 Å². The van der Waals surface area contributed by atoms with Crippen molar-refractivity contribution in [2.45, 2.75) is 5.92 Å². The second-order valence-electron chi connectivity index (χ2n) is 5.19. The van der Waals surface area contributed by atoms with Crippen molar-refractivity contribution in [2.24, 2.45) is 5.73 Å². The molecule has 106 valence electrons. The van der Waals surface area contributed by atoms with Crippen molar-refractivity contribution in [1.82, 2.24) is 4.98 Å². The van der Waals surface area contributed by atoms with Gasteiger partial charge in [0.2, 0.25) is 6.79 Å². The molecule has 0 aliphatic carbocycles. The van der Waals surface area contributed by atoms with Crippen molar-refractivity contribution in [3.05, 3.63) is 59.8 Å². The zero-order valence-corrected chi connectivity index (χ0v) is 11.5. The molecule has 1 atom stereocenters. The van der Waals surface area contributed by atoms with Gasteiger partial charge in [0, 0.05) is 29.6 Å². The summed E-state index contributed by atoms with van der Waals surface area (Å²) in [6, 6.07) is 14.3. The van der Waals surface area contributed by atoms with Gasteiger partial charge in [-0.05, 0) is 29.3 Å². The minimum Gasteiger partial charge on any atom is -0.454 e. The van der Waals surface area contributed by atoms with E-state index in [0.717, 1.165) is 22.6 Å². The van der Waals surface area contributed by atoms with Gasteiger partial charge in [0.15, 0.2) is 11.5 Å². The average Bonchev–Trinajstić information content (AvgIpc) is 3.15. The highest BCUT2D eigenvalue weighted by Crippen LogP contribution is 2.37. The summed E-state index contributed by atoms with van der Waals surface area (Å²) in [6.45, 7) is 0.834. The Morgan fingerprint density at radius 1 is 1.10 bits per heavy atom. The van der Waals surface area contributed by atoms with Gasteiger partial charge in [-0.25, -0.2) is 0 Å². The molecule has 3 aromatic rings. The largest absolute Gasteiger partial charge is 0.454 e. The lowest BCUT2D eigenvalue weighted by molar-refractivity contribution is 0.174. The molecule has 0 radical (unpaired) electrons. The zero-order valence-electron chi connectivity index (χ0n) is 11.5. The highest BCUT2D eigenvalue weighted by Gasteiger charge is 2.20. The summed E-state index contributed by atoms with van der Waals surface area (Å²) in [5, 5.41) is 1.21. The Kier molecular flexibility index (Phi) is 2.82. The number of nitrogens with two attached hydrogens (primary N) is 1. The van der Waals surface area contributed by atoms with Crippen molar-refractivity contribution in [3.63, 3.8) is 0 Å². The van der Waals surface area contributed by atoms with Crippen LogP contribution in [0.1, 0.15) is 17.0 Å². The molecule has 4 nitrogen and oxygen atoms in total. The van der Waals surface area contributed by atoms with Crippen LogP contribution in [0.15, 0.2) is 48.7 Å². The molecule has 0 saturated heterocycles. The SMILES string of the molecule is NCC(c1ccc2c(c1)OCO2)c1c[nH]c2ccccc12. The Bertz CT molecular complexity index is 794. The van der Waals surface area contributed by atoms with E-state index in [4.69, 9.17) is 15.2 Å². The predicted octanol–water partition coefficient (Wildman–Crippen LogP) is 2.99. The standard InChI is InChI=1S/C17H16N2O2/c18-8-13(11-5-6-16-17(7-11)21-10-20-16)14-9-19-15-4-2-1-3-12(14)15/h1-7,9,13,19H,8,10,18H2. The molecule has 2 heterocycles. The summed E-state index contributed by atoms with van der Waals surface area (Å²) in [5.41, 5.74) is 9.54. The van der Waals surface area contributed by atoms with Gasteiger partial charge in [-0.15, -0.1) is 0 Å². The zero-order chi connectivity index (χ0) is 14.2. The van der Waals surface area contributed by atoms with Gasteiger partial charge < -0.3 is 20.2 Å². The molecule has 0 amide bonds. The van der Waals surface area contributed by atoms with Crippen LogP contribution in [0.25, 0.3) is 10.9 Å². The van der Waals surface area contributed by atoms with E-state index in [0.29, 0.717) is 13.3 Å². The molecular formula is C17H16N2O2. The molecule has 4 heteroatoms. The Labute approximate surface area is 122 Å². The monoisotopic (exact) mass is 280 g/mol. The first-order valence-corrected chi connectivity index (χ1v) is 7.02. The quantitative estimate of drug-likeness (QED) is 0.775. The van der Waals surface area contributed by atoms with Crippen LogP contribution >= 0.6 is 0 Å². The van der Waals surface area contributed by atoms with E-state index in [-0.39, 0.29) is 5.92 Å². The molecule has 1 aliphatic heterocycles. The third-order valence-electron chi connectivity index (χ3n) is 4.03. The maximum absolute atomic E-state index is 6.05. The molecule has 0 fully saturated rings. The molecule has 0 spiro atoms. The molecule has 0 bridgehead atoms. The average molecular weight is 280 g/mol. The van der Waals surface area contributed by atoms with Gasteiger partial charge in [0.1, 0.15) is 0 Å². The number of hydrogen-bond donors (Lipinski definition) is 2. The first-order chi connectivity index (χ1) is 10.4. The van der Waals surface area contributed by atoms with Crippen molar-refractivity contribution >= 4 is 10.9 Å². The first-order valence-electron chi connectivity index (χ1n) is 7.02. The van der Waals surface area contributed by atoms with E-state index in [1.165, 1.54) is 10.9 Å². The van der Waals surface area contributed by atoms with Gasteiger partial charge in [-0.1, -0.05) is 24.3 Å². The smallest absolute Gasteiger partial charge is 0.231 e. The number of nitrogens with one attached hydrogen (secondary N) is 1. The number of para-hydroxylation sites is 1. The number of fused-ring (bicyclic) bond motifs is 2. The number of H-pyrrole nitrogens is 1. The van der Waals surface area contributed by atoms with E-state index in [1.807, 2.05) is 30.5 Å². The second kappa shape index (κ2) is 4.82. The molecule has 1 aliphatic rings. The number of aromatic amines is 1. The molecule has 4 rings (SSSR count). The van der Waals surface area contributed by atoms with Gasteiger partial charge in [-0.2, -0.15) is 0 Å². The summed E-state index contributed by atoms with van der Waals surface area (Å²) in [7, 11) is 0. The van der Waals surface area contributed by atoms with Crippen molar-refractivity contribution in [1.29, 1.82) is 0 Å². The van der Waals surface area contributed by atoms with Crippen LogP contribution < -0.4 is 15.2 Å². The molecule has 1 unspecified atom stereocenters. The van der Waals surface area contributed by atoms with Gasteiger partial charge >= 0.3 is 0 Å². The van der Waals surface area contributed by atoms with E-state index >= 15 is 0 Å². The fraction of sp³-hybridized carbons (Fsp3) is 0.176. The van der Waals surface area contributed by atoms with Crippen LogP contribution in [0.3, 0.4) is 0 Å². The third-order valence-corrected chi connectivity index (χ3v) is 4.03. The predicted molar refractivity (Wildman–Crippen MR) is 81.8 cm³/mol. The summed E-state index contributed by atoms with van der Waals surface area (Å²) >= 11 is 0. The lowest BCUT2D eigenvalue weighted by atomic mass is 9.91. The first kappa shape index (κ1) is 12.3. The summed E-state index contributed by atoms with van der Waals surface area (Å²) in [6.07, 6.45) is 2.05. The number of benzene rings is 2. The van der Waals surface area contributed by atoms with Gasteiger partial charge in [0.05, 0.1) is 0 Å². The highest BCUT2D eigenvalue weighted by atomic mass is 16.7. The number of ether oxygens (including phenoxy) is 2. The Balaban J connectivity index is 1.81. The topological polar surface area (TPSA) is 60.3 Å². The molecule has 21 heavy (non-hydrogen) atoms. The Morgan fingerprint density at radius 2 is 1.95 bits per heavy atom. The van der Waals surface area contributed by atoms with Crippen molar-refractivity contribution in [3.8, 4) is 11.5 Å². The van der Waals surface area contributed by atoms with E-state index < -0.39 is 0 Å². The molecular weight excluding hydrogens is 264 g/mol. The van der Waals surface area contributed by atoms with E-state index in [9.17, 15) is 0 Å². The van der Waals surface area contributed by atoms with Crippen LogP contribution in [-0.4, -0.2) is 18.3 Å².